The number of aromatic amines is 1. The van der Waals surface area contributed by atoms with Gasteiger partial charge in [0.25, 0.3) is 11.8 Å². The molecule has 6 heteroatoms. The van der Waals surface area contributed by atoms with Crippen LogP contribution in [-0.4, -0.2) is 30.5 Å². The molecule has 0 radical (unpaired) electrons. The molecule has 0 saturated carbocycles. The van der Waals surface area contributed by atoms with Crippen molar-refractivity contribution in [2.45, 2.75) is 33.2 Å². The molecule has 134 valence electrons. The number of carbonyl (C=O) groups excluding carboxylic acids is 2. The van der Waals surface area contributed by atoms with Gasteiger partial charge in [-0.25, -0.2) is 0 Å². The van der Waals surface area contributed by atoms with Crippen molar-refractivity contribution >= 4 is 11.8 Å². The van der Waals surface area contributed by atoms with Gasteiger partial charge in [0.15, 0.2) is 6.61 Å². The highest BCUT2D eigenvalue weighted by Crippen LogP contribution is 2.27. The number of hydrogen-bond donors (Lipinski definition) is 3. The van der Waals surface area contributed by atoms with Crippen molar-refractivity contribution in [3.8, 4) is 5.75 Å². The average Bonchev–Trinajstić information content (AvgIpc) is 2.96. The van der Waals surface area contributed by atoms with E-state index in [-0.39, 0.29) is 24.5 Å². The number of ether oxygens (including phenoxy) is 1. The first kappa shape index (κ1) is 18.6. The Morgan fingerprint density at radius 3 is 2.56 bits per heavy atom. The fourth-order valence-electron chi connectivity index (χ4n) is 2.71. The van der Waals surface area contributed by atoms with E-state index in [2.05, 4.69) is 15.6 Å². The number of hydrogen-bond acceptors (Lipinski definition) is 3. The van der Waals surface area contributed by atoms with Crippen molar-refractivity contribution in [2.24, 2.45) is 0 Å². The van der Waals surface area contributed by atoms with Crippen LogP contribution in [-0.2, 0) is 4.79 Å². The fraction of sp³-hybridized carbons (Fsp3) is 0.368. The van der Waals surface area contributed by atoms with E-state index in [1.165, 1.54) is 0 Å². The van der Waals surface area contributed by atoms with Gasteiger partial charge in [0.05, 0.1) is 6.04 Å². The fourth-order valence-corrected chi connectivity index (χ4v) is 2.71. The van der Waals surface area contributed by atoms with Gasteiger partial charge in [0.1, 0.15) is 11.4 Å². The highest BCUT2D eigenvalue weighted by Gasteiger charge is 2.20. The topological polar surface area (TPSA) is 83.2 Å². The Hall–Kier alpha value is -2.76. The van der Waals surface area contributed by atoms with Crippen molar-refractivity contribution in [2.75, 3.05) is 13.7 Å². The Bertz CT molecular complexity index is 752. The number of rotatable bonds is 7. The molecular weight excluding hydrogens is 318 g/mol. The van der Waals surface area contributed by atoms with Crippen molar-refractivity contribution in [3.05, 3.63) is 52.8 Å². The summed E-state index contributed by atoms with van der Waals surface area (Å²) in [6.07, 6.45) is 0.699. The Morgan fingerprint density at radius 1 is 1.24 bits per heavy atom. The molecule has 6 nitrogen and oxygen atoms in total. The van der Waals surface area contributed by atoms with E-state index >= 15 is 0 Å². The van der Waals surface area contributed by atoms with E-state index in [9.17, 15) is 9.59 Å². The van der Waals surface area contributed by atoms with Crippen LogP contribution in [0.2, 0.25) is 0 Å². The molecule has 0 fully saturated rings. The Balaban J connectivity index is 2.18. The molecule has 3 N–H and O–H groups in total. The summed E-state index contributed by atoms with van der Waals surface area (Å²) in [4.78, 5) is 27.1. The number of aryl methyl sites for hydroxylation is 2. The van der Waals surface area contributed by atoms with Gasteiger partial charge in [-0.3, -0.25) is 9.59 Å². The van der Waals surface area contributed by atoms with Gasteiger partial charge in [-0.05, 0) is 38.0 Å². The Labute approximate surface area is 148 Å². The lowest BCUT2D eigenvalue weighted by Crippen LogP contribution is -2.30. The standard InChI is InChI=1S/C19H25N3O3/c1-5-15(22-19(24)18-12(2)10-13(3)21-18)14-8-6-7-9-16(14)25-11-17(23)20-4/h6-10,15,21H,5,11H2,1-4H3,(H,20,23)(H,22,24). The number of benzene rings is 1. The maximum absolute atomic E-state index is 12.6. The molecule has 1 unspecified atom stereocenters. The van der Waals surface area contributed by atoms with Crippen LogP contribution < -0.4 is 15.4 Å². The Morgan fingerprint density at radius 2 is 1.96 bits per heavy atom. The highest BCUT2D eigenvalue weighted by atomic mass is 16.5. The van der Waals surface area contributed by atoms with Crippen LogP contribution in [0.3, 0.4) is 0 Å². The molecule has 1 heterocycles. The molecule has 0 spiro atoms. The first-order chi connectivity index (χ1) is 12.0. The van der Waals surface area contributed by atoms with Crippen LogP contribution in [0.5, 0.6) is 5.75 Å². The van der Waals surface area contributed by atoms with E-state index in [1.54, 1.807) is 13.1 Å². The molecule has 2 aromatic rings. The molecule has 0 bridgehead atoms. The molecule has 0 aliphatic heterocycles. The summed E-state index contributed by atoms with van der Waals surface area (Å²) in [5.74, 6) is 0.237. The van der Waals surface area contributed by atoms with Gasteiger partial charge in [0, 0.05) is 18.3 Å². The summed E-state index contributed by atoms with van der Waals surface area (Å²) in [6, 6.07) is 9.17. The minimum Gasteiger partial charge on any atom is -0.483 e. The molecule has 1 atom stereocenters. The smallest absolute Gasteiger partial charge is 0.268 e. The predicted molar refractivity (Wildman–Crippen MR) is 96.8 cm³/mol. The number of aromatic nitrogens is 1. The van der Waals surface area contributed by atoms with Crippen LogP contribution >= 0.6 is 0 Å². The lowest BCUT2D eigenvalue weighted by atomic mass is 10.0. The summed E-state index contributed by atoms with van der Waals surface area (Å²) in [7, 11) is 1.56. The molecule has 1 aromatic heterocycles. The van der Waals surface area contributed by atoms with Crippen LogP contribution in [0.25, 0.3) is 0 Å². The van der Waals surface area contributed by atoms with Gasteiger partial charge in [-0.15, -0.1) is 0 Å². The number of nitrogens with one attached hydrogen (secondary N) is 3. The third kappa shape index (κ3) is 4.62. The summed E-state index contributed by atoms with van der Waals surface area (Å²) >= 11 is 0. The zero-order chi connectivity index (χ0) is 18.4. The highest BCUT2D eigenvalue weighted by molar-refractivity contribution is 5.94. The van der Waals surface area contributed by atoms with Gasteiger partial charge in [0.2, 0.25) is 0 Å². The summed E-state index contributed by atoms with van der Waals surface area (Å²) in [6.45, 7) is 5.75. The van der Waals surface area contributed by atoms with Gasteiger partial charge >= 0.3 is 0 Å². The third-order valence-corrected chi connectivity index (χ3v) is 4.02. The van der Waals surface area contributed by atoms with Crippen LogP contribution in [0, 0.1) is 13.8 Å². The summed E-state index contributed by atoms with van der Waals surface area (Å²) in [5, 5.41) is 5.57. The first-order valence-electron chi connectivity index (χ1n) is 8.35. The molecule has 0 aliphatic carbocycles. The SMILES string of the molecule is CCC(NC(=O)c1[nH]c(C)cc1C)c1ccccc1OCC(=O)NC. The van der Waals surface area contributed by atoms with Gasteiger partial charge in [-0.1, -0.05) is 25.1 Å². The molecule has 0 saturated heterocycles. The number of likely N-dealkylation sites (N-methyl/N-ethyl adjacent to an activating group) is 1. The van der Waals surface area contributed by atoms with Gasteiger partial charge < -0.3 is 20.4 Å². The number of para-hydroxylation sites is 1. The maximum Gasteiger partial charge on any atom is 0.268 e. The number of H-pyrrole nitrogens is 1. The lowest BCUT2D eigenvalue weighted by Gasteiger charge is -2.20. The quantitative estimate of drug-likeness (QED) is 0.723. The van der Waals surface area contributed by atoms with Gasteiger partial charge in [-0.2, -0.15) is 0 Å². The number of carbonyl (C=O) groups is 2. The monoisotopic (exact) mass is 343 g/mol. The minimum atomic E-state index is -0.212. The van der Waals surface area contributed by atoms with E-state index in [0.29, 0.717) is 17.9 Å². The van der Waals surface area contributed by atoms with Crippen molar-refractivity contribution in [1.82, 2.24) is 15.6 Å². The largest absolute Gasteiger partial charge is 0.483 e. The summed E-state index contributed by atoms with van der Waals surface area (Å²) in [5.41, 5.74) is 3.28. The zero-order valence-corrected chi connectivity index (χ0v) is 15.1. The zero-order valence-electron chi connectivity index (χ0n) is 15.1. The van der Waals surface area contributed by atoms with E-state index in [1.807, 2.05) is 45.0 Å². The third-order valence-electron chi connectivity index (χ3n) is 4.02. The van der Waals surface area contributed by atoms with E-state index in [4.69, 9.17) is 4.74 Å². The van der Waals surface area contributed by atoms with Crippen LogP contribution in [0.4, 0.5) is 0 Å². The van der Waals surface area contributed by atoms with Crippen LogP contribution in [0.1, 0.15) is 46.7 Å². The van der Waals surface area contributed by atoms with Crippen molar-refractivity contribution in [1.29, 1.82) is 0 Å². The molecule has 2 rings (SSSR count). The Kier molecular flexibility index (Phi) is 6.22. The van der Waals surface area contributed by atoms with Crippen molar-refractivity contribution in [3.63, 3.8) is 0 Å². The molecule has 1 aromatic carbocycles. The minimum absolute atomic E-state index is 0.0627. The average molecular weight is 343 g/mol. The second-order valence-electron chi connectivity index (χ2n) is 5.94. The predicted octanol–water partition coefficient (Wildman–Crippen LogP) is 2.64. The second-order valence-corrected chi connectivity index (χ2v) is 5.94. The van der Waals surface area contributed by atoms with Crippen molar-refractivity contribution < 1.29 is 14.3 Å². The van der Waals surface area contributed by atoms with E-state index < -0.39 is 0 Å². The first-order valence-corrected chi connectivity index (χ1v) is 8.35. The molecular formula is C19H25N3O3. The molecule has 2 amide bonds. The van der Waals surface area contributed by atoms with E-state index in [0.717, 1.165) is 16.8 Å². The number of amides is 2. The lowest BCUT2D eigenvalue weighted by molar-refractivity contribution is -0.122. The maximum atomic E-state index is 12.6. The summed E-state index contributed by atoms with van der Waals surface area (Å²) < 4.78 is 5.62. The molecule has 0 aliphatic rings. The normalized spacial score (nSPS) is 11.7. The second kappa shape index (κ2) is 8.37. The van der Waals surface area contributed by atoms with Crippen LogP contribution in [0.15, 0.2) is 30.3 Å². The molecule has 25 heavy (non-hydrogen) atoms.